The maximum Gasteiger partial charge on any atom is 0.305 e. The van der Waals surface area contributed by atoms with Crippen LogP contribution in [0.4, 0.5) is 0 Å². The van der Waals surface area contributed by atoms with Gasteiger partial charge in [-0.25, -0.2) is 0 Å². The van der Waals surface area contributed by atoms with Gasteiger partial charge in [-0.3, -0.25) is 14.4 Å². The van der Waals surface area contributed by atoms with Crippen LogP contribution >= 0.6 is 0 Å². The van der Waals surface area contributed by atoms with Gasteiger partial charge >= 0.3 is 11.9 Å². The number of hydrogen-bond acceptors (Lipinski definition) is 4. The molecule has 0 aromatic carbocycles. The molecule has 5 N–H and O–H groups in total. The summed E-state index contributed by atoms with van der Waals surface area (Å²) in [6.45, 7) is 2.09. The van der Waals surface area contributed by atoms with E-state index in [1.165, 1.54) is 0 Å². The monoisotopic (exact) mass is 246 g/mol. The van der Waals surface area contributed by atoms with Crippen LogP contribution in [0, 0.1) is 5.92 Å². The highest BCUT2D eigenvalue weighted by atomic mass is 16.4. The molecule has 0 bridgehead atoms. The van der Waals surface area contributed by atoms with Crippen LogP contribution in [-0.4, -0.2) is 40.6 Å². The van der Waals surface area contributed by atoms with Gasteiger partial charge < -0.3 is 21.3 Å². The van der Waals surface area contributed by atoms with Crippen LogP contribution in [0.15, 0.2) is 0 Å². The maximum absolute atomic E-state index is 11.3. The second-order valence-corrected chi connectivity index (χ2v) is 3.99. The molecule has 0 fully saturated rings. The number of carboxylic acids is 2. The van der Waals surface area contributed by atoms with Gasteiger partial charge in [0.05, 0.1) is 12.5 Å². The van der Waals surface area contributed by atoms with Crippen LogP contribution in [0.5, 0.6) is 0 Å². The van der Waals surface area contributed by atoms with Gasteiger partial charge in [-0.2, -0.15) is 0 Å². The van der Waals surface area contributed by atoms with Crippen molar-refractivity contribution in [2.75, 3.05) is 6.54 Å². The summed E-state index contributed by atoms with van der Waals surface area (Å²) in [6, 6.07) is -1.07. The summed E-state index contributed by atoms with van der Waals surface area (Å²) in [6.07, 6.45) is 0.0668. The Morgan fingerprint density at radius 2 is 1.82 bits per heavy atom. The first-order valence-electron chi connectivity index (χ1n) is 5.29. The lowest BCUT2D eigenvalue weighted by atomic mass is 10.1. The number of rotatable bonds is 8. The second kappa shape index (κ2) is 7.61. The number of carboxylic acid groups (broad SMARTS) is 2. The third kappa shape index (κ3) is 8.21. The molecular weight excluding hydrogens is 228 g/mol. The van der Waals surface area contributed by atoms with Crippen molar-refractivity contribution >= 4 is 17.8 Å². The van der Waals surface area contributed by atoms with Crippen LogP contribution < -0.4 is 11.1 Å². The Morgan fingerprint density at radius 3 is 2.29 bits per heavy atom. The third-order valence-electron chi connectivity index (χ3n) is 2.21. The molecule has 0 heterocycles. The highest BCUT2D eigenvalue weighted by molar-refractivity contribution is 5.85. The standard InChI is InChI=1S/C10H18N2O5/c1-6(2-3-8(13)14)5-12-10(17)7(11)4-9(15)16/h6-7H,2-5,11H2,1H3,(H,12,17)(H,13,14)(H,15,16). The van der Waals surface area contributed by atoms with E-state index in [1.807, 2.05) is 0 Å². The van der Waals surface area contributed by atoms with Crippen molar-refractivity contribution in [3.05, 3.63) is 0 Å². The van der Waals surface area contributed by atoms with Gasteiger partial charge in [0, 0.05) is 13.0 Å². The van der Waals surface area contributed by atoms with Gasteiger partial charge in [0.1, 0.15) is 0 Å². The average Bonchev–Trinajstić information content (AvgIpc) is 2.21. The van der Waals surface area contributed by atoms with Crippen LogP contribution in [0.3, 0.4) is 0 Å². The van der Waals surface area contributed by atoms with E-state index in [-0.39, 0.29) is 12.3 Å². The molecule has 2 unspecified atom stereocenters. The minimum atomic E-state index is -1.13. The van der Waals surface area contributed by atoms with E-state index in [0.29, 0.717) is 13.0 Å². The number of hydrogen-bond donors (Lipinski definition) is 4. The lowest BCUT2D eigenvalue weighted by Gasteiger charge is -2.14. The van der Waals surface area contributed by atoms with E-state index in [1.54, 1.807) is 6.92 Å². The Morgan fingerprint density at radius 1 is 1.24 bits per heavy atom. The summed E-state index contributed by atoms with van der Waals surface area (Å²) in [5.74, 6) is -2.54. The molecule has 0 saturated heterocycles. The van der Waals surface area contributed by atoms with Crippen LogP contribution in [-0.2, 0) is 14.4 Å². The van der Waals surface area contributed by atoms with Gasteiger partial charge in [0.25, 0.3) is 0 Å². The summed E-state index contributed by atoms with van der Waals surface area (Å²) in [7, 11) is 0. The molecule has 7 heteroatoms. The lowest BCUT2D eigenvalue weighted by molar-refractivity contribution is -0.139. The van der Waals surface area contributed by atoms with Gasteiger partial charge in [-0.05, 0) is 12.3 Å². The van der Waals surface area contributed by atoms with Crippen molar-refractivity contribution in [3.63, 3.8) is 0 Å². The first-order valence-corrected chi connectivity index (χ1v) is 5.29. The van der Waals surface area contributed by atoms with Gasteiger partial charge in [0.15, 0.2) is 0 Å². The minimum Gasteiger partial charge on any atom is -0.481 e. The molecule has 0 radical (unpaired) electrons. The fraction of sp³-hybridized carbons (Fsp3) is 0.700. The molecule has 0 aliphatic carbocycles. The average molecular weight is 246 g/mol. The molecule has 98 valence electrons. The summed E-state index contributed by atoms with van der Waals surface area (Å²) >= 11 is 0. The Kier molecular flexibility index (Phi) is 6.88. The molecule has 0 spiro atoms. The van der Waals surface area contributed by atoms with E-state index in [9.17, 15) is 14.4 Å². The smallest absolute Gasteiger partial charge is 0.305 e. The number of nitrogens with two attached hydrogens (primary N) is 1. The summed E-state index contributed by atoms with van der Waals surface area (Å²) in [4.78, 5) is 31.9. The lowest BCUT2D eigenvalue weighted by Crippen LogP contribution is -2.43. The number of amides is 1. The van der Waals surface area contributed by atoms with Crippen molar-refractivity contribution in [1.82, 2.24) is 5.32 Å². The number of carbonyl (C=O) groups is 3. The predicted molar refractivity (Wildman–Crippen MR) is 59.3 cm³/mol. The molecular formula is C10H18N2O5. The normalized spacial score (nSPS) is 13.8. The van der Waals surface area contributed by atoms with Gasteiger partial charge in [-0.15, -0.1) is 0 Å². The Hall–Kier alpha value is -1.63. The topological polar surface area (TPSA) is 130 Å². The molecule has 0 aliphatic heterocycles. The number of carbonyl (C=O) groups excluding carboxylic acids is 1. The van der Waals surface area contributed by atoms with E-state index in [4.69, 9.17) is 15.9 Å². The van der Waals surface area contributed by atoms with Crippen molar-refractivity contribution in [3.8, 4) is 0 Å². The third-order valence-corrected chi connectivity index (χ3v) is 2.21. The van der Waals surface area contributed by atoms with Crippen LogP contribution in [0.2, 0.25) is 0 Å². The SMILES string of the molecule is CC(CCC(=O)O)CNC(=O)C(N)CC(=O)O. The molecule has 7 nitrogen and oxygen atoms in total. The van der Waals surface area contributed by atoms with Crippen molar-refractivity contribution in [2.24, 2.45) is 11.7 Å². The zero-order chi connectivity index (χ0) is 13.4. The summed E-state index contributed by atoms with van der Waals surface area (Å²) < 4.78 is 0. The molecule has 17 heavy (non-hydrogen) atoms. The van der Waals surface area contributed by atoms with E-state index >= 15 is 0 Å². The fourth-order valence-electron chi connectivity index (χ4n) is 1.16. The minimum absolute atomic E-state index is 0.00655. The Balaban J connectivity index is 3.82. The Labute approximate surface area is 99.0 Å². The van der Waals surface area contributed by atoms with Crippen molar-refractivity contribution < 1.29 is 24.6 Å². The van der Waals surface area contributed by atoms with Crippen LogP contribution in [0.1, 0.15) is 26.2 Å². The van der Waals surface area contributed by atoms with E-state index in [2.05, 4.69) is 5.32 Å². The number of aliphatic carboxylic acids is 2. The molecule has 0 aromatic rings. The predicted octanol–water partition coefficient (Wildman–Crippen LogP) is -0.594. The summed E-state index contributed by atoms with van der Waals surface area (Å²) in [5.41, 5.74) is 5.34. The van der Waals surface area contributed by atoms with Crippen molar-refractivity contribution in [1.29, 1.82) is 0 Å². The first-order chi connectivity index (χ1) is 7.82. The summed E-state index contributed by atoms with van der Waals surface area (Å²) in [5, 5.41) is 19.4. The van der Waals surface area contributed by atoms with Gasteiger partial charge in [0.2, 0.25) is 5.91 Å². The first kappa shape index (κ1) is 15.4. The molecule has 0 aromatic heterocycles. The highest BCUT2D eigenvalue weighted by Crippen LogP contribution is 2.03. The van der Waals surface area contributed by atoms with Crippen LogP contribution in [0.25, 0.3) is 0 Å². The quantitative estimate of drug-likeness (QED) is 0.452. The van der Waals surface area contributed by atoms with E-state index < -0.39 is 30.3 Å². The van der Waals surface area contributed by atoms with E-state index in [0.717, 1.165) is 0 Å². The zero-order valence-electron chi connectivity index (χ0n) is 9.68. The fourth-order valence-corrected chi connectivity index (χ4v) is 1.16. The molecule has 0 rings (SSSR count). The Bertz CT molecular complexity index is 292. The zero-order valence-corrected chi connectivity index (χ0v) is 9.68. The second-order valence-electron chi connectivity index (χ2n) is 3.99. The van der Waals surface area contributed by atoms with Crippen molar-refractivity contribution in [2.45, 2.75) is 32.2 Å². The van der Waals surface area contributed by atoms with Gasteiger partial charge in [-0.1, -0.05) is 6.92 Å². The highest BCUT2D eigenvalue weighted by Gasteiger charge is 2.17. The molecule has 2 atom stereocenters. The molecule has 0 aliphatic rings. The molecule has 0 saturated carbocycles. The largest absolute Gasteiger partial charge is 0.481 e. The molecule has 1 amide bonds. The number of nitrogens with one attached hydrogen (secondary N) is 1. The maximum atomic E-state index is 11.3.